The second-order valence-electron chi connectivity index (χ2n) is 6.17. The molecule has 2 aliphatic rings. The van der Waals surface area contributed by atoms with E-state index in [4.69, 9.17) is 0 Å². The average molecular weight is 238 g/mol. The summed E-state index contributed by atoms with van der Waals surface area (Å²) >= 11 is 0. The molecule has 0 bridgehead atoms. The van der Waals surface area contributed by atoms with Gasteiger partial charge in [-0.2, -0.15) is 0 Å². The normalized spacial score (nSPS) is 32.1. The molecule has 1 saturated heterocycles. The Balaban J connectivity index is 1.66. The van der Waals surface area contributed by atoms with Gasteiger partial charge in [0.05, 0.1) is 0 Å². The number of rotatable bonds is 5. The first-order valence-electron chi connectivity index (χ1n) is 7.75. The number of nitrogens with zero attached hydrogens (tertiary/aromatic N) is 1. The molecular weight excluding hydrogens is 208 g/mol. The zero-order valence-corrected chi connectivity index (χ0v) is 11.8. The third kappa shape index (κ3) is 3.96. The summed E-state index contributed by atoms with van der Waals surface area (Å²) in [6.07, 6.45) is 8.79. The number of hydrogen-bond donors (Lipinski definition) is 1. The van der Waals surface area contributed by atoms with Gasteiger partial charge >= 0.3 is 0 Å². The van der Waals surface area contributed by atoms with Gasteiger partial charge in [-0.1, -0.05) is 39.5 Å². The molecule has 0 radical (unpaired) electrons. The van der Waals surface area contributed by atoms with Gasteiger partial charge < -0.3 is 10.2 Å². The Morgan fingerprint density at radius 3 is 2.59 bits per heavy atom. The molecule has 0 aromatic carbocycles. The third-order valence-corrected chi connectivity index (χ3v) is 4.78. The van der Waals surface area contributed by atoms with E-state index in [2.05, 4.69) is 24.1 Å². The second-order valence-corrected chi connectivity index (χ2v) is 6.17. The van der Waals surface area contributed by atoms with Gasteiger partial charge in [-0.3, -0.25) is 0 Å². The Morgan fingerprint density at radius 1 is 1.18 bits per heavy atom. The molecule has 0 aromatic heterocycles. The van der Waals surface area contributed by atoms with Crippen LogP contribution in [0.3, 0.4) is 0 Å². The van der Waals surface area contributed by atoms with Gasteiger partial charge in [-0.25, -0.2) is 0 Å². The maximum Gasteiger partial charge on any atom is 0.0117 e. The van der Waals surface area contributed by atoms with Gasteiger partial charge in [0.1, 0.15) is 0 Å². The standard InChI is InChI=1S/C15H30N2/c1-3-16-15-9-11-17(12-13(15)2)10-8-14-6-4-5-7-14/h13-16H,3-12H2,1-2H3. The van der Waals surface area contributed by atoms with Crippen LogP contribution in [0.5, 0.6) is 0 Å². The van der Waals surface area contributed by atoms with Crippen LogP contribution in [0.15, 0.2) is 0 Å². The van der Waals surface area contributed by atoms with E-state index in [1.807, 2.05) is 0 Å². The van der Waals surface area contributed by atoms with Crippen molar-refractivity contribution in [1.29, 1.82) is 0 Å². The molecule has 1 aliphatic carbocycles. The van der Waals surface area contributed by atoms with Crippen LogP contribution in [0.4, 0.5) is 0 Å². The van der Waals surface area contributed by atoms with Crippen LogP contribution in [-0.2, 0) is 0 Å². The molecule has 0 amide bonds. The van der Waals surface area contributed by atoms with Crippen LogP contribution in [0, 0.1) is 11.8 Å². The van der Waals surface area contributed by atoms with Crippen LogP contribution < -0.4 is 5.32 Å². The van der Waals surface area contributed by atoms with Gasteiger partial charge in [-0.15, -0.1) is 0 Å². The topological polar surface area (TPSA) is 15.3 Å². The lowest BCUT2D eigenvalue weighted by Gasteiger charge is -2.37. The minimum Gasteiger partial charge on any atom is -0.314 e. The average Bonchev–Trinajstić information content (AvgIpc) is 2.83. The fraction of sp³-hybridized carbons (Fsp3) is 1.00. The summed E-state index contributed by atoms with van der Waals surface area (Å²) in [7, 11) is 0. The maximum atomic E-state index is 3.63. The number of piperidine rings is 1. The molecule has 2 nitrogen and oxygen atoms in total. The fourth-order valence-corrected chi connectivity index (χ4v) is 3.66. The predicted molar refractivity (Wildman–Crippen MR) is 74.3 cm³/mol. The first kappa shape index (κ1) is 13.4. The van der Waals surface area contributed by atoms with E-state index in [-0.39, 0.29) is 0 Å². The molecular formula is C15H30N2. The van der Waals surface area contributed by atoms with Crippen LogP contribution in [0.1, 0.15) is 52.4 Å². The van der Waals surface area contributed by atoms with Crippen LogP contribution in [-0.4, -0.2) is 37.1 Å². The molecule has 0 spiro atoms. The zero-order valence-electron chi connectivity index (χ0n) is 11.8. The van der Waals surface area contributed by atoms with Crippen molar-refractivity contribution in [2.24, 2.45) is 11.8 Å². The predicted octanol–water partition coefficient (Wildman–Crippen LogP) is 2.89. The molecule has 2 heteroatoms. The summed E-state index contributed by atoms with van der Waals surface area (Å²) < 4.78 is 0. The summed E-state index contributed by atoms with van der Waals surface area (Å²) in [5.41, 5.74) is 0. The van der Waals surface area contributed by atoms with Crippen LogP contribution >= 0.6 is 0 Å². The van der Waals surface area contributed by atoms with Crippen molar-refractivity contribution < 1.29 is 0 Å². The smallest absolute Gasteiger partial charge is 0.0117 e. The number of likely N-dealkylation sites (tertiary alicyclic amines) is 1. The molecule has 2 atom stereocenters. The molecule has 100 valence electrons. The molecule has 2 rings (SSSR count). The van der Waals surface area contributed by atoms with Crippen LogP contribution in [0.25, 0.3) is 0 Å². The summed E-state index contributed by atoms with van der Waals surface area (Å²) in [4.78, 5) is 2.71. The van der Waals surface area contributed by atoms with Crippen molar-refractivity contribution >= 4 is 0 Å². The van der Waals surface area contributed by atoms with E-state index in [0.29, 0.717) is 0 Å². The molecule has 2 unspecified atom stereocenters. The second kappa shape index (κ2) is 6.75. The summed E-state index contributed by atoms with van der Waals surface area (Å²) in [6, 6.07) is 0.766. The van der Waals surface area contributed by atoms with Gasteiger partial charge in [0.25, 0.3) is 0 Å². The highest BCUT2D eigenvalue weighted by Gasteiger charge is 2.25. The summed E-state index contributed by atoms with van der Waals surface area (Å²) in [5.74, 6) is 1.88. The highest BCUT2D eigenvalue weighted by molar-refractivity contribution is 4.83. The number of nitrogens with one attached hydrogen (secondary N) is 1. The molecule has 1 saturated carbocycles. The van der Waals surface area contributed by atoms with Crippen molar-refractivity contribution in [3.8, 4) is 0 Å². The van der Waals surface area contributed by atoms with E-state index in [9.17, 15) is 0 Å². The summed E-state index contributed by atoms with van der Waals surface area (Å²) in [5, 5.41) is 3.63. The Bertz CT molecular complexity index is 211. The van der Waals surface area contributed by atoms with Crippen molar-refractivity contribution in [3.63, 3.8) is 0 Å². The summed E-state index contributed by atoms with van der Waals surface area (Å²) in [6.45, 7) is 9.73. The van der Waals surface area contributed by atoms with E-state index < -0.39 is 0 Å². The van der Waals surface area contributed by atoms with E-state index in [1.54, 1.807) is 0 Å². The molecule has 1 N–H and O–H groups in total. The Morgan fingerprint density at radius 2 is 1.94 bits per heavy atom. The van der Waals surface area contributed by atoms with Crippen molar-refractivity contribution in [1.82, 2.24) is 10.2 Å². The highest BCUT2D eigenvalue weighted by atomic mass is 15.1. The zero-order chi connectivity index (χ0) is 12.1. The Kier molecular flexibility index (Phi) is 5.30. The minimum absolute atomic E-state index is 0.766. The molecule has 0 aromatic rings. The Hall–Kier alpha value is -0.0800. The monoisotopic (exact) mass is 238 g/mol. The Labute approximate surface area is 107 Å². The van der Waals surface area contributed by atoms with Crippen molar-refractivity contribution in [2.45, 2.75) is 58.4 Å². The lowest BCUT2D eigenvalue weighted by atomic mass is 9.93. The SMILES string of the molecule is CCNC1CCN(CCC2CCCC2)CC1C. The number of hydrogen-bond acceptors (Lipinski definition) is 2. The molecule has 1 heterocycles. The first-order chi connectivity index (χ1) is 8.29. The molecule has 2 fully saturated rings. The highest BCUT2D eigenvalue weighted by Crippen LogP contribution is 2.28. The van der Waals surface area contributed by atoms with Gasteiger partial charge in [0, 0.05) is 12.6 Å². The lowest BCUT2D eigenvalue weighted by Crippen LogP contribution is -2.48. The lowest BCUT2D eigenvalue weighted by molar-refractivity contribution is 0.141. The van der Waals surface area contributed by atoms with E-state index >= 15 is 0 Å². The third-order valence-electron chi connectivity index (χ3n) is 4.78. The minimum atomic E-state index is 0.766. The van der Waals surface area contributed by atoms with Crippen LogP contribution in [0.2, 0.25) is 0 Å². The van der Waals surface area contributed by atoms with Gasteiger partial charge in [0.2, 0.25) is 0 Å². The quantitative estimate of drug-likeness (QED) is 0.792. The molecule has 17 heavy (non-hydrogen) atoms. The fourth-order valence-electron chi connectivity index (χ4n) is 3.66. The van der Waals surface area contributed by atoms with E-state index in [0.717, 1.165) is 24.4 Å². The van der Waals surface area contributed by atoms with Crippen molar-refractivity contribution in [3.05, 3.63) is 0 Å². The molecule has 1 aliphatic heterocycles. The van der Waals surface area contributed by atoms with E-state index in [1.165, 1.54) is 58.2 Å². The van der Waals surface area contributed by atoms with Crippen molar-refractivity contribution in [2.75, 3.05) is 26.2 Å². The van der Waals surface area contributed by atoms with Gasteiger partial charge in [0.15, 0.2) is 0 Å². The van der Waals surface area contributed by atoms with Gasteiger partial charge in [-0.05, 0) is 44.3 Å². The first-order valence-corrected chi connectivity index (χ1v) is 7.75. The maximum absolute atomic E-state index is 3.63. The largest absolute Gasteiger partial charge is 0.314 e.